The van der Waals surface area contributed by atoms with Gasteiger partial charge in [0.25, 0.3) is 0 Å². The summed E-state index contributed by atoms with van der Waals surface area (Å²) in [6, 6.07) is 2.84. The second kappa shape index (κ2) is 6.33. The van der Waals surface area contributed by atoms with Crippen molar-refractivity contribution in [3.63, 3.8) is 0 Å². The van der Waals surface area contributed by atoms with Gasteiger partial charge >= 0.3 is 5.69 Å². The van der Waals surface area contributed by atoms with Crippen LogP contribution in [0.5, 0.6) is 5.88 Å². The number of methoxy groups -OCH3 is 1. The summed E-state index contributed by atoms with van der Waals surface area (Å²) in [5.41, 5.74) is -0.0667. The number of rotatable bonds is 8. The summed E-state index contributed by atoms with van der Waals surface area (Å²) in [5.74, 6) is 1.26. The monoisotopic (exact) mass is 267 g/mol. The zero-order valence-corrected chi connectivity index (χ0v) is 10.8. The molecule has 1 aliphatic rings. The van der Waals surface area contributed by atoms with Crippen molar-refractivity contribution in [3.8, 4) is 5.88 Å². The van der Waals surface area contributed by atoms with Crippen molar-refractivity contribution in [1.29, 1.82) is 0 Å². The average molecular weight is 267 g/mol. The molecular weight excluding hydrogens is 250 g/mol. The van der Waals surface area contributed by atoms with Gasteiger partial charge in [-0.25, -0.2) is 0 Å². The molecule has 7 heteroatoms. The van der Waals surface area contributed by atoms with Crippen LogP contribution in [0.15, 0.2) is 12.1 Å². The summed E-state index contributed by atoms with van der Waals surface area (Å²) in [6.07, 6.45) is 2.49. The van der Waals surface area contributed by atoms with E-state index in [2.05, 4.69) is 10.3 Å². The standard InChI is InChI=1S/C12H17N3O4/c1-18-11-5-4-10(15(16)17)12(14-11)13-6-7-19-8-9-2-3-9/h4-5,9H,2-3,6-8H2,1H3,(H,13,14). The molecule has 0 aromatic carbocycles. The summed E-state index contributed by atoms with van der Waals surface area (Å²) in [4.78, 5) is 14.4. The maximum absolute atomic E-state index is 10.9. The minimum atomic E-state index is -0.472. The number of nitrogens with one attached hydrogen (secondary N) is 1. The van der Waals surface area contributed by atoms with Gasteiger partial charge in [0.1, 0.15) is 0 Å². The van der Waals surface area contributed by atoms with E-state index < -0.39 is 4.92 Å². The molecule has 0 unspecified atom stereocenters. The Bertz CT molecular complexity index is 449. The fourth-order valence-corrected chi connectivity index (χ4v) is 1.60. The van der Waals surface area contributed by atoms with Gasteiger partial charge in [-0.3, -0.25) is 10.1 Å². The van der Waals surface area contributed by atoms with E-state index in [1.807, 2.05) is 0 Å². The fraction of sp³-hybridized carbons (Fsp3) is 0.583. The average Bonchev–Trinajstić information content (AvgIpc) is 3.22. The Morgan fingerprint density at radius 3 is 2.95 bits per heavy atom. The maximum atomic E-state index is 10.9. The molecule has 0 aliphatic heterocycles. The molecule has 0 radical (unpaired) electrons. The van der Waals surface area contributed by atoms with E-state index in [4.69, 9.17) is 9.47 Å². The summed E-state index contributed by atoms with van der Waals surface area (Å²) in [7, 11) is 1.47. The van der Waals surface area contributed by atoms with Crippen LogP contribution in [0.1, 0.15) is 12.8 Å². The molecule has 1 N–H and O–H groups in total. The topological polar surface area (TPSA) is 86.5 Å². The molecule has 1 aromatic heterocycles. The van der Waals surface area contributed by atoms with Crippen LogP contribution in [-0.4, -0.2) is 36.8 Å². The molecule has 1 saturated carbocycles. The molecule has 1 heterocycles. The SMILES string of the molecule is COc1ccc([N+](=O)[O-])c(NCCOCC2CC2)n1. The lowest BCUT2D eigenvalue weighted by atomic mass is 10.4. The Hall–Kier alpha value is -1.89. The normalized spacial score (nSPS) is 14.2. The summed E-state index contributed by atoms with van der Waals surface area (Å²) >= 11 is 0. The molecule has 1 aromatic rings. The molecule has 0 spiro atoms. The second-order valence-electron chi connectivity index (χ2n) is 4.42. The van der Waals surface area contributed by atoms with Crippen molar-refractivity contribution < 1.29 is 14.4 Å². The van der Waals surface area contributed by atoms with Crippen LogP contribution < -0.4 is 10.1 Å². The third-order valence-electron chi connectivity index (χ3n) is 2.84. The highest BCUT2D eigenvalue weighted by Crippen LogP contribution is 2.28. The highest BCUT2D eigenvalue weighted by atomic mass is 16.6. The molecule has 0 atom stereocenters. The lowest BCUT2D eigenvalue weighted by Gasteiger charge is -2.08. The molecular formula is C12H17N3O4. The van der Waals surface area contributed by atoms with E-state index >= 15 is 0 Å². The highest BCUT2D eigenvalue weighted by molar-refractivity contribution is 5.56. The number of hydrogen-bond acceptors (Lipinski definition) is 6. The van der Waals surface area contributed by atoms with Crippen molar-refractivity contribution in [2.24, 2.45) is 5.92 Å². The number of aromatic nitrogens is 1. The first-order chi connectivity index (χ1) is 9.20. The lowest BCUT2D eigenvalue weighted by molar-refractivity contribution is -0.384. The first-order valence-corrected chi connectivity index (χ1v) is 6.21. The van der Waals surface area contributed by atoms with Gasteiger partial charge in [-0.2, -0.15) is 4.98 Å². The molecule has 0 amide bonds. The molecule has 0 bridgehead atoms. The van der Waals surface area contributed by atoms with E-state index in [1.165, 1.54) is 32.1 Å². The minimum Gasteiger partial charge on any atom is -0.481 e. The van der Waals surface area contributed by atoms with E-state index in [0.717, 1.165) is 6.61 Å². The van der Waals surface area contributed by atoms with Crippen LogP contribution >= 0.6 is 0 Å². The van der Waals surface area contributed by atoms with Crippen molar-refractivity contribution in [1.82, 2.24) is 4.98 Å². The number of pyridine rings is 1. The predicted molar refractivity (Wildman–Crippen MR) is 69.5 cm³/mol. The minimum absolute atomic E-state index is 0.0667. The second-order valence-corrected chi connectivity index (χ2v) is 4.42. The van der Waals surface area contributed by atoms with Gasteiger partial charge in [-0.05, 0) is 18.8 Å². The fourth-order valence-electron chi connectivity index (χ4n) is 1.60. The quantitative estimate of drug-likeness (QED) is 0.439. The first-order valence-electron chi connectivity index (χ1n) is 6.21. The third kappa shape index (κ3) is 4.06. The van der Waals surface area contributed by atoms with Crippen molar-refractivity contribution in [2.45, 2.75) is 12.8 Å². The molecule has 2 rings (SSSR count). The van der Waals surface area contributed by atoms with E-state index in [9.17, 15) is 10.1 Å². The molecule has 19 heavy (non-hydrogen) atoms. The zero-order valence-electron chi connectivity index (χ0n) is 10.8. The Balaban J connectivity index is 1.86. The smallest absolute Gasteiger partial charge is 0.311 e. The van der Waals surface area contributed by atoms with Gasteiger partial charge in [0.05, 0.1) is 18.6 Å². The van der Waals surface area contributed by atoms with Crippen LogP contribution in [0.2, 0.25) is 0 Å². The Labute approximate surface area is 111 Å². The summed E-state index contributed by atoms with van der Waals surface area (Å²) in [5, 5.41) is 13.8. The van der Waals surface area contributed by atoms with Gasteiger partial charge in [0, 0.05) is 25.3 Å². The molecule has 104 valence electrons. The molecule has 1 aliphatic carbocycles. The largest absolute Gasteiger partial charge is 0.481 e. The van der Waals surface area contributed by atoms with Crippen LogP contribution in [0.3, 0.4) is 0 Å². The van der Waals surface area contributed by atoms with Crippen LogP contribution in [-0.2, 0) is 4.74 Å². The number of ether oxygens (including phenoxy) is 2. The van der Waals surface area contributed by atoms with Crippen molar-refractivity contribution in [3.05, 3.63) is 22.2 Å². The number of anilines is 1. The van der Waals surface area contributed by atoms with Gasteiger partial charge < -0.3 is 14.8 Å². The predicted octanol–water partition coefficient (Wildman–Crippen LogP) is 1.84. The Kier molecular flexibility index (Phi) is 4.51. The molecule has 0 saturated heterocycles. The van der Waals surface area contributed by atoms with Crippen LogP contribution in [0, 0.1) is 16.0 Å². The van der Waals surface area contributed by atoms with E-state index in [1.54, 1.807) is 0 Å². The van der Waals surface area contributed by atoms with Crippen molar-refractivity contribution in [2.75, 3.05) is 32.2 Å². The first kappa shape index (κ1) is 13.5. The number of nitro groups is 1. The van der Waals surface area contributed by atoms with Gasteiger partial charge in [0.2, 0.25) is 11.7 Å². The number of hydrogen-bond donors (Lipinski definition) is 1. The molecule has 1 fully saturated rings. The van der Waals surface area contributed by atoms with E-state index in [0.29, 0.717) is 24.9 Å². The summed E-state index contributed by atoms with van der Waals surface area (Å²) in [6.45, 7) is 1.76. The zero-order chi connectivity index (χ0) is 13.7. The third-order valence-corrected chi connectivity index (χ3v) is 2.84. The van der Waals surface area contributed by atoms with E-state index in [-0.39, 0.29) is 11.5 Å². The van der Waals surface area contributed by atoms with Gasteiger partial charge in [0.15, 0.2) is 0 Å². The van der Waals surface area contributed by atoms with Crippen LogP contribution in [0.25, 0.3) is 0 Å². The highest BCUT2D eigenvalue weighted by Gasteiger charge is 2.21. The van der Waals surface area contributed by atoms with Gasteiger partial charge in [-0.1, -0.05) is 0 Å². The Morgan fingerprint density at radius 1 is 1.53 bits per heavy atom. The molecule has 7 nitrogen and oxygen atoms in total. The Morgan fingerprint density at radius 2 is 2.32 bits per heavy atom. The number of nitrogens with zero attached hydrogens (tertiary/aromatic N) is 2. The summed E-state index contributed by atoms with van der Waals surface area (Å²) < 4.78 is 10.4. The lowest BCUT2D eigenvalue weighted by Crippen LogP contribution is -2.13. The maximum Gasteiger partial charge on any atom is 0.311 e. The van der Waals surface area contributed by atoms with Gasteiger partial charge in [-0.15, -0.1) is 0 Å². The van der Waals surface area contributed by atoms with Crippen molar-refractivity contribution >= 4 is 11.5 Å². The van der Waals surface area contributed by atoms with Crippen LogP contribution in [0.4, 0.5) is 11.5 Å².